The number of imidazole rings is 1. The summed E-state index contributed by atoms with van der Waals surface area (Å²) in [6, 6.07) is 22.6. The number of nitrogens with zero attached hydrogens (tertiary/aromatic N) is 3. The molecule has 35 heavy (non-hydrogen) atoms. The first kappa shape index (κ1) is 24.5. The van der Waals surface area contributed by atoms with Crippen LogP contribution in [0.1, 0.15) is 22.3 Å². The van der Waals surface area contributed by atoms with E-state index in [1.54, 1.807) is 22.6 Å². The molecule has 6 nitrogen and oxygen atoms in total. The molecule has 0 aliphatic heterocycles. The molecule has 0 saturated heterocycles. The number of aromatic nitrogens is 2. The zero-order chi connectivity index (χ0) is 24.9. The zero-order valence-electron chi connectivity index (χ0n) is 20.0. The third-order valence-electron chi connectivity index (χ3n) is 6.21. The number of Topliss-reactive ketones (excluding diaryl/α,β-unsaturated/α-hetero) is 1. The second-order valence-electron chi connectivity index (χ2n) is 8.79. The van der Waals surface area contributed by atoms with E-state index < -0.39 is 0 Å². The van der Waals surface area contributed by atoms with Crippen molar-refractivity contribution in [2.75, 3.05) is 13.6 Å². The number of fused-ring (bicyclic) bond motifs is 1. The number of ketones is 1. The van der Waals surface area contributed by atoms with Crippen LogP contribution in [-0.4, -0.2) is 47.2 Å². The van der Waals surface area contributed by atoms with Crippen LogP contribution in [0.5, 0.6) is 0 Å². The molecular formula is C27H28BClN4O2. The lowest BCUT2D eigenvalue weighted by atomic mass is 9.94. The Morgan fingerprint density at radius 3 is 2.40 bits per heavy atom. The standard InChI is InChI=1S/C27H28BClN4O2/c1-31(25(35)17-19-7-3-2-4-8-19)15-6-16-32-26-22(29)9-5-10-23(26)33(27(32)30)18-24(34)20-11-13-21(28)14-12-20/h2-5,7-14,30H,6,15-18,28H2,1H3. The van der Waals surface area contributed by atoms with Crippen molar-refractivity contribution in [3.8, 4) is 0 Å². The molecule has 0 spiro atoms. The van der Waals surface area contributed by atoms with Gasteiger partial charge >= 0.3 is 0 Å². The monoisotopic (exact) mass is 486 g/mol. The molecule has 0 fully saturated rings. The molecule has 0 radical (unpaired) electrons. The molecule has 0 saturated carbocycles. The fourth-order valence-electron chi connectivity index (χ4n) is 4.20. The average molecular weight is 487 g/mol. The maximum Gasteiger partial charge on any atom is 0.226 e. The lowest BCUT2D eigenvalue weighted by Gasteiger charge is -2.17. The SMILES string of the molecule is Bc1ccc(C(=O)Cn2c(=N)n(CCCN(C)C(=O)Cc3ccccc3)c3c(Cl)cccc32)cc1. The summed E-state index contributed by atoms with van der Waals surface area (Å²) in [6.07, 6.45) is 1.02. The molecule has 1 heterocycles. The van der Waals surface area contributed by atoms with Crippen molar-refractivity contribution in [3.05, 3.63) is 94.6 Å². The van der Waals surface area contributed by atoms with Gasteiger partial charge in [0.1, 0.15) is 7.85 Å². The van der Waals surface area contributed by atoms with Gasteiger partial charge in [-0.05, 0) is 24.1 Å². The van der Waals surface area contributed by atoms with Crippen molar-refractivity contribution >= 4 is 47.6 Å². The topological polar surface area (TPSA) is 71.1 Å². The maximum atomic E-state index is 13.0. The minimum absolute atomic E-state index is 0.0523. The van der Waals surface area contributed by atoms with Crippen LogP contribution in [0.25, 0.3) is 11.0 Å². The van der Waals surface area contributed by atoms with E-state index >= 15 is 0 Å². The molecular weight excluding hydrogens is 459 g/mol. The van der Waals surface area contributed by atoms with Crippen molar-refractivity contribution in [2.45, 2.75) is 25.9 Å². The Labute approximate surface area is 210 Å². The van der Waals surface area contributed by atoms with E-state index in [1.807, 2.05) is 79.1 Å². The van der Waals surface area contributed by atoms with Crippen LogP contribution in [0.4, 0.5) is 0 Å². The molecule has 1 amide bonds. The van der Waals surface area contributed by atoms with Gasteiger partial charge in [-0.2, -0.15) is 0 Å². The van der Waals surface area contributed by atoms with Crippen molar-refractivity contribution in [3.63, 3.8) is 0 Å². The molecule has 0 bridgehead atoms. The summed E-state index contributed by atoms with van der Waals surface area (Å²) >= 11 is 6.53. The summed E-state index contributed by atoms with van der Waals surface area (Å²) in [5.41, 5.74) is 4.38. The van der Waals surface area contributed by atoms with Crippen LogP contribution in [0.15, 0.2) is 72.8 Å². The van der Waals surface area contributed by atoms with E-state index in [1.165, 1.54) is 0 Å². The average Bonchev–Trinajstić information content (AvgIpc) is 3.12. The summed E-state index contributed by atoms with van der Waals surface area (Å²) in [4.78, 5) is 27.3. The number of halogens is 1. The molecule has 1 N–H and O–H groups in total. The molecule has 4 rings (SSSR count). The summed E-state index contributed by atoms with van der Waals surface area (Å²) in [6.45, 7) is 1.12. The fraction of sp³-hybridized carbons (Fsp3) is 0.222. The molecule has 3 aromatic carbocycles. The van der Waals surface area contributed by atoms with Gasteiger partial charge in [-0.25, -0.2) is 0 Å². The smallest absolute Gasteiger partial charge is 0.226 e. The van der Waals surface area contributed by atoms with Gasteiger partial charge in [0.05, 0.1) is 29.0 Å². The second-order valence-corrected chi connectivity index (χ2v) is 9.20. The number of carbonyl (C=O) groups is 2. The number of amides is 1. The van der Waals surface area contributed by atoms with Gasteiger partial charge in [-0.15, -0.1) is 0 Å². The Morgan fingerprint density at radius 1 is 0.971 bits per heavy atom. The Bertz CT molecular complexity index is 1410. The Balaban J connectivity index is 1.50. The highest BCUT2D eigenvalue weighted by atomic mass is 35.5. The Morgan fingerprint density at radius 2 is 1.69 bits per heavy atom. The summed E-state index contributed by atoms with van der Waals surface area (Å²) in [7, 11) is 3.78. The molecule has 0 atom stereocenters. The number of hydrogen-bond donors (Lipinski definition) is 1. The lowest BCUT2D eigenvalue weighted by Crippen LogP contribution is -2.31. The van der Waals surface area contributed by atoms with Crippen LogP contribution in [0, 0.1) is 5.41 Å². The third-order valence-corrected chi connectivity index (χ3v) is 6.52. The first-order valence-electron chi connectivity index (χ1n) is 11.6. The van der Waals surface area contributed by atoms with Crippen molar-refractivity contribution < 1.29 is 9.59 Å². The maximum absolute atomic E-state index is 13.0. The van der Waals surface area contributed by atoms with Crippen LogP contribution < -0.4 is 11.1 Å². The number of benzene rings is 3. The van der Waals surface area contributed by atoms with E-state index in [0.29, 0.717) is 36.5 Å². The van der Waals surface area contributed by atoms with Crippen LogP contribution in [-0.2, 0) is 24.3 Å². The van der Waals surface area contributed by atoms with Gasteiger partial charge in [0.2, 0.25) is 11.5 Å². The minimum atomic E-state index is -0.0613. The molecule has 8 heteroatoms. The number of para-hydroxylation sites is 1. The van der Waals surface area contributed by atoms with Gasteiger partial charge in [-0.1, -0.05) is 77.7 Å². The number of likely N-dealkylation sites (N-methyl/N-ethyl adjacent to an activating group) is 1. The van der Waals surface area contributed by atoms with E-state index in [4.69, 9.17) is 17.0 Å². The van der Waals surface area contributed by atoms with Crippen LogP contribution in [0.2, 0.25) is 5.02 Å². The van der Waals surface area contributed by atoms with Crippen molar-refractivity contribution in [1.82, 2.24) is 14.0 Å². The number of aryl methyl sites for hydroxylation is 1. The lowest BCUT2D eigenvalue weighted by molar-refractivity contribution is -0.129. The molecule has 4 aromatic rings. The second kappa shape index (κ2) is 10.8. The zero-order valence-corrected chi connectivity index (χ0v) is 20.8. The molecule has 178 valence electrons. The third kappa shape index (κ3) is 5.57. The summed E-state index contributed by atoms with van der Waals surface area (Å²) < 4.78 is 3.53. The Kier molecular flexibility index (Phi) is 7.56. The quantitative estimate of drug-likeness (QED) is 0.292. The molecule has 0 aliphatic carbocycles. The van der Waals surface area contributed by atoms with E-state index in [9.17, 15) is 9.59 Å². The normalized spacial score (nSPS) is 11.0. The van der Waals surface area contributed by atoms with Gasteiger partial charge in [0.25, 0.3) is 0 Å². The van der Waals surface area contributed by atoms with Crippen molar-refractivity contribution in [1.29, 1.82) is 5.41 Å². The van der Waals surface area contributed by atoms with Gasteiger partial charge < -0.3 is 14.0 Å². The number of rotatable bonds is 9. The molecule has 0 aliphatic rings. The first-order chi connectivity index (χ1) is 16.8. The van der Waals surface area contributed by atoms with E-state index in [-0.39, 0.29) is 23.9 Å². The summed E-state index contributed by atoms with van der Waals surface area (Å²) in [5, 5.41) is 9.35. The van der Waals surface area contributed by atoms with Gasteiger partial charge in [0, 0.05) is 25.7 Å². The minimum Gasteiger partial charge on any atom is -0.345 e. The van der Waals surface area contributed by atoms with E-state index in [2.05, 4.69) is 0 Å². The Hall–Kier alpha value is -3.58. The molecule has 1 aromatic heterocycles. The number of carbonyl (C=O) groups excluding carboxylic acids is 2. The fourth-order valence-corrected chi connectivity index (χ4v) is 4.47. The van der Waals surface area contributed by atoms with Crippen molar-refractivity contribution in [2.24, 2.45) is 0 Å². The van der Waals surface area contributed by atoms with Crippen LogP contribution >= 0.6 is 11.6 Å². The molecule has 0 unspecified atom stereocenters. The highest BCUT2D eigenvalue weighted by Gasteiger charge is 2.17. The number of nitrogens with one attached hydrogen (secondary N) is 1. The van der Waals surface area contributed by atoms with E-state index in [0.717, 1.165) is 22.1 Å². The van der Waals surface area contributed by atoms with Gasteiger partial charge in [0.15, 0.2) is 5.78 Å². The largest absolute Gasteiger partial charge is 0.345 e. The highest BCUT2D eigenvalue weighted by molar-refractivity contribution is 6.35. The highest BCUT2D eigenvalue weighted by Crippen LogP contribution is 2.23. The predicted octanol–water partition coefficient (Wildman–Crippen LogP) is 2.81. The predicted molar refractivity (Wildman–Crippen MR) is 142 cm³/mol. The first-order valence-corrected chi connectivity index (χ1v) is 12.0. The summed E-state index contributed by atoms with van der Waals surface area (Å²) in [5.74, 6) is -0.00906. The number of hydrogen-bond acceptors (Lipinski definition) is 3. The van der Waals surface area contributed by atoms with Gasteiger partial charge in [-0.3, -0.25) is 15.0 Å². The van der Waals surface area contributed by atoms with Crippen LogP contribution in [0.3, 0.4) is 0 Å².